The summed E-state index contributed by atoms with van der Waals surface area (Å²) in [4.78, 5) is 51.1. The van der Waals surface area contributed by atoms with Gasteiger partial charge in [0.2, 0.25) is 0 Å². The van der Waals surface area contributed by atoms with Crippen LogP contribution < -0.4 is 10.6 Å². The minimum absolute atomic E-state index is 0.0465. The Morgan fingerprint density at radius 2 is 1.59 bits per heavy atom. The van der Waals surface area contributed by atoms with E-state index in [1.54, 1.807) is 29.2 Å². The van der Waals surface area contributed by atoms with E-state index in [1.807, 2.05) is 67.2 Å². The average Bonchev–Trinajstić information content (AvgIpc) is 3.86. The molecule has 2 fully saturated rings. The van der Waals surface area contributed by atoms with E-state index in [9.17, 15) is 9.59 Å². The lowest BCUT2D eigenvalue weighted by Crippen LogP contribution is -2.59. The molecule has 4 aromatic rings. The summed E-state index contributed by atoms with van der Waals surface area (Å²) in [5, 5.41) is 0.734. The molecule has 0 unspecified atom stereocenters. The molecule has 1 amide bonds. The first-order valence-corrected chi connectivity index (χ1v) is 17.5. The molecule has 12 heteroatoms. The van der Waals surface area contributed by atoms with Gasteiger partial charge >= 0.3 is 11.8 Å². The lowest BCUT2D eigenvalue weighted by atomic mass is 10.0. The van der Waals surface area contributed by atoms with Crippen LogP contribution in [-0.2, 0) is 4.74 Å². The number of halogens is 2. The molecule has 260 valence electrons. The van der Waals surface area contributed by atoms with Crippen LogP contribution in [0.3, 0.4) is 0 Å². The molecule has 10 nitrogen and oxygen atoms in total. The Morgan fingerprint density at radius 3 is 2.16 bits per heavy atom. The predicted octanol–water partition coefficient (Wildman–Crippen LogP) is 7.99. The van der Waals surface area contributed by atoms with Gasteiger partial charge in [0.25, 0.3) is 0 Å². The molecule has 1 aromatic carbocycles. The normalized spacial score (nSPS) is 18.6. The number of rotatable bonds is 6. The number of piperazine rings is 1. The number of carbonyl (C=O) groups excluding carboxylic acids is 1. The largest absolute Gasteiger partial charge is 0.444 e. The number of benzene rings is 1. The van der Waals surface area contributed by atoms with Gasteiger partial charge in [-0.2, -0.15) is 4.98 Å². The van der Waals surface area contributed by atoms with Gasteiger partial charge in [0.15, 0.2) is 5.65 Å². The van der Waals surface area contributed by atoms with Gasteiger partial charge < -0.3 is 14.5 Å². The van der Waals surface area contributed by atoms with Crippen LogP contribution in [0.1, 0.15) is 110 Å². The fourth-order valence-electron chi connectivity index (χ4n) is 6.43. The van der Waals surface area contributed by atoms with E-state index in [0.717, 1.165) is 30.1 Å². The monoisotopic (exact) mass is 689 g/mol. The number of nitrogens with zero attached hydrogens (tertiary/aromatic N) is 7. The molecule has 0 spiro atoms. The third-order valence-corrected chi connectivity index (χ3v) is 9.32. The summed E-state index contributed by atoms with van der Waals surface area (Å²) in [5.41, 5.74) is 1.52. The van der Waals surface area contributed by atoms with Gasteiger partial charge in [0, 0.05) is 36.7 Å². The Bertz CT molecular complexity index is 1960. The van der Waals surface area contributed by atoms with Gasteiger partial charge in [0.1, 0.15) is 23.1 Å². The van der Waals surface area contributed by atoms with Crippen molar-refractivity contribution in [3.05, 3.63) is 68.9 Å². The lowest BCUT2D eigenvalue weighted by Gasteiger charge is -2.44. The molecule has 3 aromatic heterocycles. The van der Waals surface area contributed by atoms with Crippen LogP contribution in [-0.4, -0.2) is 66.3 Å². The Kier molecular flexibility index (Phi) is 9.19. The Hall–Kier alpha value is -4.12. The summed E-state index contributed by atoms with van der Waals surface area (Å²) in [6.07, 6.45) is 1.69. The average molecular weight is 690 g/mol. The first-order valence-electron chi connectivity index (χ1n) is 17.1. The molecule has 0 radical (unpaired) electrons. The van der Waals surface area contributed by atoms with Crippen molar-refractivity contribution >= 4 is 34.5 Å². The molecule has 1 saturated carbocycles. The molecule has 1 saturated heterocycles. The van der Waals surface area contributed by atoms with Crippen molar-refractivity contribution < 1.29 is 13.9 Å². The maximum absolute atomic E-state index is 15.2. The zero-order valence-corrected chi connectivity index (χ0v) is 30.5. The quantitative estimate of drug-likeness (QED) is 0.201. The van der Waals surface area contributed by atoms with Crippen LogP contribution in [0.25, 0.3) is 28.0 Å². The van der Waals surface area contributed by atoms with Crippen LogP contribution in [0.5, 0.6) is 0 Å². The number of ether oxygens (including phenoxy) is 1. The number of hydrogen-bond donors (Lipinski definition) is 0. The second-order valence-electron chi connectivity index (χ2n) is 15.0. The van der Waals surface area contributed by atoms with Crippen molar-refractivity contribution in [2.75, 3.05) is 18.0 Å². The van der Waals surface area contributed by atoms with Crippen LogP contribution in [0.4, 0.5) is 15.0 Å². The molecule has 2 aliphatic rings. The molecule has 6 rings (SSSR count). The smallest absolute Gasteiger partial charge is 0.410 e. The maximum Gasteiger partial charge on any atom is 0.410 e. The number of amides is 1. The molecule has 0 bridgehead atoms. The van der Waals surface area contributed by atoms with Crippen molar-refractivity contribution in [2.24, 2.45) is 0 Å². The molecular formula is C37H45ClFN7O3. The second kappa shape index (κ2) is 13.0. The summed E-state index contributed by atoms with van der Waals surface area (Å²) < 4.78 is 22.4. The van der Waals surface area contributed by atoms with E-state index in [1.165, 1.54) is 10.6 Å². The zero-order chi connectivity index (χ0) is 35.5. The molecule has 49 heavy (non-hydrogen) atoms. The Labute approximate surface area is 291 Å². The standard InChI is InChI=1S/C37H45ClFN7O3/c1-19(2)28-31(29(20(3)4)41-32(40-28)23-14-15-23)46-34-25(16-26(38)30(42-34)24-12-10-11-13-27(24)39)33(43-35(46)47)44-17-22(6)45(18-21(44)5)36(48)49-37(7,8)9/h10-13,16,19-23H,14-15,17-18H2,1-9H3/t21-,22+/m0/s1. The van der Waals surface area contributed by atoms with Crippen LogP contribution in [0.2, 0.25) is 5.02 Å². The van der Waals surface area contributed by atoms with E-state index < -0.39 is 23.2 Å². The van der Waals surface area contributed by atoms with Crippen molar-refractivity contribution in [1.82, 2.24) is 29.4 Å². The minimum Gasteiger partial charge on any atom is -0.444 e. The first-order chi connectivity index (χ1) is 23.1. The number of aromatic nitrogens is 5. The number of pyridine rings is 1. The topological polar surface area (TPSA) is 106 Å². The fraction of sp³-hybridized carbons (Fsp3) is 0.514. The number of hydrogen-bond acceptors (Lipinski definition) is 8. The first kappa shape index (κ1) is 34.7. The Balaban J connectivity index is 1.60. The molecule has 1 aliphatic heterocycles. The minimum atomic E-state index is -0.637. The number of anilines is 1. The fourth-order valence-corrected chi connectivity index (χ4v) is 6.69. The van der Waals surface area contributed by atoms with Gasteiger partial charge in [-0.25, -0.2) is 33.5 Å². The van der Waals surface area contributed by atoms with Gasteiger partial charge in [-0.3, -0.25) is 0 Å². The highest BCUT2D eigenvalue weighted by Gasteiger charge is 2.37. The zero-order valence-electron chi connectivity index (χ0n) is 29.7. The maximum atomic E-state index is 15.2. The highest BCUT2D eigenvalue weighted by atomic mass is 35.5. The van der Waals surface area contributed by atoms with Crippen LogP contribution >= 0.6 is 11.6 Å². The third-order valence-electron chi connectivity index (χ3n) is 9.03. The highest BCUT2D eigenvalue weighted by molar-refractivity contribution is 6.33. The summed E-state index contributed by atoms with van der Waals surface area (Å²) in [6.45, 7) is 18.3. The van der Waals surface area contributed by atoms with Crippen molar-refractivity contribution in [2.45, 2.75) is 111 Å². The van der Waals surface area contributed by atoms with Gasteiger partial charge in [-0.15, -0.1) is 0 Å². The summed E-state index contributed by atoms with van der Waals surface area (Å²) in [6, 6.07) is 7.52. The van der Waals surface area contributed by atoms with Crippen LogP contribution in [0.15, 0.2) is 35.1 Å². The summed E-state index contributed by atoms with van der Waals surface area (Å²) in [7, 11) is 0. The molecular weight excluding hydrogens is 645 g/mol. The summed E-state index contributed by atoms with van der Waals surface area (Å²) >= 11 is 6.92. The summed E-state index contributed by atoms with van der Waals surface area (Å²) in [5.74, 6) is 0.923. The van der Waals surface area contributed by atoms with Crippen molar-refractivity contribution in [3.63, 3.8) is 0 Å². The van der Waals surface area contributed by atoms with E-state index in [0.29, 0.717) is 35.9 Å². The Morgan fingerprint density at radius 1 is 0.959 bits per heavy atom. The second-order valence-corrected chi connectivity index (χ2v) is 15.4. The van der Waals surface area contributed by atoms with E-state index in [4.69, 9.17) is 36.3 Å². The van der Waals surface area contributed by atoms with Crippen molar-refractivity contribution in [3.8, 4) is 16.9 Å². The molecule has 2 atom stereocenters. The SMILES string of the molecule is CC(C)c1nc(C2CC2)nc(C(C)C)c1-n1c(=O)nc(N2C[C@@H](C)N(C(=O)OC(C)(C)C)C[C@@H]2C)c2cc(Cl)c(-c3ccccc3F)nc21. The lowest BCUT2D eigenvalue weighted by molar-refractivity contribution is 0.0130. The van der Waals surface area contributed by atoms with Gasteiger partial charge in [-0.05, 0) is 77.5 Å². The van der Waals surface area contributed by atoms with Crippen molar-refractivity contribution in [1.29, 1.82) is 0 Å². The predicted molar refractivity (Wildman–Crippen MR) is 190 cm³/mol. The number of carbonyl (C=O) groups is 1. The van der Waals surface area contributed by atoms with E-state index in [-0.39, 0.29) is 45.8 Å². The van der Waals surface area contributed by atoms with Gasteiger partial charge in [0.05, 0.1) is 33.2 Å². The highest BCUT2D eigenvalue weighted by Crippen LogP contribution is 2.41. The molecule has 4 heterocycles. The third kappa shape index (κ3) is 6.74. The van der Waals surface area contributed by atoms with Gasteiger partial charge in [-0.1, -0.05) is 51.4 Å². The van der Waals surface area contributed by atoms with E-state index >= 15 is 4.39 Å². The van der Waals surface area contributed by atoms with E-state index in [2.05, 4.69) is 0 Å². The van der Waals surface area contributed by atoms with Crippen LogP contribution in [0, 0.1) is 5.82 Å². The molecule has 1 aliphatic carbocycles. The molecule has 0 N–H and O–H groups in total. The number of fused-ring (bicyclic) bond motifs is 1.